The SMILES string of the molecule is N#C[C@](OC(=O)CO)(c1ccccc1)C1CCC1. The Bertz CT molecular complexity index is 462. The standard InChI is InChI=1S/C14H15NO3/c15-10-14(12-7-4-8-12,18-13(17)9-16)11-5-2-1-3-6-11/h1-3,5-6,12,16H,4,7-9H2/t14-/m0/s1. The number of benzene rings is 1. The number of nitrogens with zero attached hydrogens (tertiary/aromatic N) is 1. The summed E-state index contributed by atoms with van der Waals surface area (Å²) in [7, 11) is 0. The predicted molar refractivity (Wildman–Crippen MR) is 64.3 cm³/mol. The molecule has 1 N–H and O–H groups in total. The van der Waals surface area contributed by atoms with Gasteiger partial charge in [0.25, 0.3) is 0 Å². The van der Waals surface area contributed by atoms with E-state index in [1.807, 2.05) is 18.2 Å². The molecule has 0 amide bonds. The average Bonchev–Trinajstić information content (AvgIpc) is 2.36. The van der Waals surface area contributed by atoms with E-state index in [0.717, 1.165) is 19.3 Å². The third-order valence-corrected chi connectivity index (χ3v) is 3.45. The first-order valence-electron chi connectivity index (χ1n) is 6.02. The Morgan fingerprint density at radius 2 is 2.11 bits per heavy atom. The van der Waals surface area contributed by atoms with Crippen LogP contribution in [0.25, 0.3) is 0 Å². The number of esters is 1. The van der Waals surface area contributed by atoms with E-state index < -0.39 is 18.2 Å². The van der Waals surface area contributed by atoms with Crippen molar-refractivity contribution in [1.82, 2.24) is 0 Å². The van der Waals surface area contributed by atoms with Crippen LogP contribution in [0.1, 0.15) is 24.8 Å². The maximum atomic E-state index is 11.4. The monoisotopic (exact) mass is 245 g/mol. The second-order valence-electron chi connectivity index (χ2n) is 4.47. The molecule has 0 unspecified atom stereocenters. The normalized spacial score (nSPS) is 18.2. The lowest BCUT2D eigenvalue weighted by Gasteiger charge is -2.39. The van der Waals surface area contributed by atoms with Gasteiger partial charge in [-0.15, -0.1) is 0 Å². The Morgan fingerprint density at radius 1 is 1.44 bits per heavy atom. The summed E-state index contributed by atoms with van der Waals surface area (Å²) in [5, 5.41) is 18.3. The van der Waals surface area contributed by atoms with E-state index in [4.69, 9.17) is 9.84 Å². The van der Waals surface area contributed by atoms with Gasteiger partial charge in [0.1, 0.15) is 12.7 Å². The van der Waals surface area contributed by atoms with Crippen molar-refractivity contribution in [3.8, 4) is 6.07 Å². The van der Waals surface area contributed by atoms with Crippen molar-refractivity contribution in [1.29, 1.82) is 5.26 Å². The van der Waals surface area contributed by atoms with Gasteiger partial charge in [0.05, 0.1) is 0 Å². The molecule has 0 aliphatic heterocycles. The maximum Gasteiger partial charge on any atom is 0.333 e. The van der Waals surface area contributed by atoms with Crippen molar-refractivity contribution in [2.24, 2.45) is 5.92 Å². The molecule has 4 nitrogen and oxygen atoms in total. The van der Waals surface area contributed by atoms with E-state index in [1.54, 1.807) is 12.1 Å². The fraction of sp³-hybridized carbons (Fsp3) is 0.429. The Kier molecular flexibility index (Phi) is 3.63. The smallest absolute Gasteiger partial charge is 0.333 e. The Balaban J connectivity index is 2.38. The number of ether oxygens (including phenoxy) is 1. The molecule has 1 aliphatic rings. The number of aliphatic hydroxyl groups excluding tert-OH is 1. The molecule has 1 aromatic carbocycles. The topological polar surface area (TPSA) is 70.3 Å². The molecule has 1 aromatic rings. The fourth-order valence-corrected chi connectivity index (χ4v) is 2.27. The van der Waals surface area contributed by atoms with Gasteiger partial charge in [-0.25, -0.2) is 4.79 Å². The van der Waals surface area contributed by atoms with Crippen LogP contribution in [-0.4, -0.2) is 17.7 Å². The number of nitriles is 1. The Hall–Kier alpha value is -1.86. The number of carbonyl (C=O) groups is 1. The molecule has 0 spiro atoms. The van der Waals surface area contributed by atoms with Gasteiger partial charge in [-0.3, -0.25) is 0 Å². The fourth-order valence-electron chi connectivity index (χ4n) is 2.27. The molecule has 4 heteroatoms. The first-order valence-corrected chi connectivity index (χ1v) is 6.02. The van der Waals surface area contributed by atoms with Crippen molar-refractivity contribution in [3.63, 3.8) is 0 Å². The highest BCUT2D eigenvalue weighted by Crippen LogP contribution is 2.44. The van der Waals surface area contributed by atoms with Gasteiger partial charge in [0.15, 0.2) is 0 Å². The van der Waals surface area contributed by atoms with Gasteiger partial charge in [-0.2, -0.15) is 5.26 Å². The molecule has 0 bridgehead atoms. The van der Waals surface area contributed by atoms with Crippen LogP contribution in [0.15, 0.2) is 30.3 Å². The summed E-state index contributed by atoms with van der Waals surface area (Å²) in [5.74, 6) is -0.743. The Morgan fingerprint density at radius 3 is 2.56 bits per heavy atom. The number of rotatable bonds is 4. The third-order valence-electron chi connectivity index (χ3n) is 3.45. The molecule has 2 rings (SSSR count). The first-order chi connectivity index (χ1) is 8.73. The summed E-state index contributed by atoms with van der Waals surface area (Å²) in [6.45, 7) is -0.705. The minimum Gasteiger partial charge on any atom is -0.437 e. The molecule has 18 heavy (non-hydrogen) atoms. The van der Waals surface area contributed by atoms with E-state index in [0.29, 0.717) is 5.56 Å². The highest BCUT2D eigenvalue weighted by molar-refractivity contribution is 5.71. The molecule has 1 fully saturated rings. The lowest BCUT2D eigenvalue weighted by atomic mass is 9.70. The van der Waals surface area contributed by atoms with Gasteiger partial charge < -0.3 is 9.84 Å². The van der Waals surface area contributed by atoms with Crippen LogP contribution in [0.3, 0.4) is 0 Å². The summed E-state index contributed by atoms with van der Waals surface area (Å²) >= 11 is 0. The average molecular weight is 245 g/mol. The van der Waals surface area contributed by atoms with Crippen molar-refractivity contribution in [2.75, 3.05) is 6.61 Å². The quantitative estimate of drug-likeness (QED) is 0.820. The molecule has 1 atom stereocenters. The number of aliphatic hydroxyl groups is 1. The van der Waals surface area contributed by atoms with Crippen LogP contribution in [0, 0.1) is 17.2 Å². The molecular formula is C14H15NO3. The summed E-state index contributed by atoms with van der Waals surface area (Å²) in [5.41, 5.74) is -0.571. The molecule has 94 valence electrons. The van der Waals surface area contributed by atoms with E-state index in [2.05, 4.69) is 6.07 Å². The first kappa shape index (κ1) is 12.6. The number of hydrogen-bond acceptors (Lipinski definition) is 4. The van der Waals surface area contributed by atoms with Gasteiger partial charge in [-0.05, 0) is 12.8 Å². The van der Waals surface area contributed by atoms with Crippen LogP contribution < -0.4 is 0 Å². The zero-order valence-corrected chi connectivity index (χ0v) is 10.0. The van der Waals surface area contributed by atoms with Crippen molar-refractivity contribution in [2.45, 2.75) is 24.9 Å². The van der Waals surface area contributed by atoms with E-state index in [-0.39, 0.29) is 5.92 Å². The molecule has 0 radical (unpaired) electrons. The summed E-state index contributed by atoms with van der Waals surface area (Å²) in [6, 6.07) is 11.2. The highest BCUT2D eigenvalue weighted by atomic mass is 16.6. The summed E-state index contributed by atoms with van der Waals surface area (Å²) < 4.78 is 5.28. The summed E-state index contributed by atoms with van der Waals surface area (Å²) in [4.78, 5) is 11.4. The van der Waals surface area contributed by atoms with Gasteiger partial charge >= 0.3 is 5.97 Å². The van der Waals surface area contributed by atoms with E-state index >= 15 is 0 Å². The molecule has 1 saturated carbocycles. The second-order valence-corrected chi connectivity index (χ2v) is 4.47. The Labute approximate surface area is 106 Å². The third kappa shape index (κ3) is 2.09. The van der Waals surface area contributed by atoms with Crippen molar-refractivity contribution >= 4 is 5.97 Å². The number of hydrogen-bond donors (Lipinski definition) is 1. The van der Waals surface area contributed by atoms with Gasteiger partial charge in [-0.1, -0.05) is 36.8 Å². The molecule has 0 saturated heterocycles. The minimum absolute atomic E-state index is 0.0143. The molecular weight excluding hydrogens is 230 g/mol. The maximum absolute atomic E-state index is 11.4. The number of carbonyl (C=O) groups excluding carboxylic acids is 1. The van der Waals surface area contributed by atoms with Crippen LogP contribution >= 0.6 is 0 Å². The highest BCUT2D eigenvalue weighted by Gasteiger charge is 2.47. The van der Waals surface area contributed by atoms with E-state index in [9.17, 15) is 10.1 Å². The largest absolute Gasteiger partial charge is 0.437 e. The lowest BCUT2D eigenvalue weighted by Crippen LogP contribution is -2.42. The molecule has 0 heterocycles. The van der Waals surface area contributed by atoms with E-state index in [1.165, 1.54) is 0 Å². The van der Waals surface area contributed by atoms with Crippen LogP contribution in [0.5, 0.6) is 0 Å². The van der Waals surface area contributed by atoms with Gasteiger partial charge in [0.2, 0.25) is 5.60 Å². The second kappa shape index (κ2) is 5.19. The van der Waals surface area contributed by atoms with Crippen LogP contribution in [0.2, 0.25) is 0 Å². The molecule has 0 aromatic heterocycles. The molecule has 1 aliphatic carbocycles. The van der Waals surface area contributed by atoms with Crippen LogP contribution in [-0.2, 0) is 15.1 Å². The van der Waals surface area contributed by atoms with Gasteiger partial charge in [0, 0.05) is 11.5 Å². The zero-order chi connectivity index (χ0) is 13.0. The van der Waals surface area contributed by atoms with Crippen LogP contribution in [0.4, 0.5) is 0 Å². The zero-order valence-electron chi connectivity index (χ0n) is 10.0. The predicted octanol–water partition coefficient (Wildman–Crippen LogP) is 1.74. The summed E-state index contributed by atoms with van der Waals surface area (Å²) in [6.07, 6.45) is 2.76. The minimum atomic E-state index is -1.25. The van der Waals surface area contributed by atoms with Crippen molar-refractivity contribution in [3.05, 3.63) is 35.9 Å². The lowest BCUT2D eigenvalue weighted by molar-refractivity contribution is -0.167. The van der Waals surface area contributed by atoms with Crippen molar-refractivity contribution < 1.29 is 14.6 Å².